The number of fused-ring (bicyclic) bond motifs is 4. The molecular formula is C38H45ClFN5O6S. The molecule has 1 N–H and O–H groups in total. The molecule has 2 amide bonds. The number of alkyl halides is 1. The molecule has 7 atom stereocenters. The van der Waals surface area contributed by atoms with E-state index in [4.69, 9.17) is 25.8 Å². The van der Waals surface area contributed by atoms with Crippen molar-refractivity contribution in [2.75, 3.05) is 44.6 Å². The molecule has 278 valence electrons. The number of carbonyl (C=O) groups is 2. The van der Waals surface area contributed by atoms with Crippen molar-refractivity contribution in [3.05, 3.63) is 82.0 Å². The van der Waals surface area contributed by atoms with Gasteiger partial charge in [0.1, 0.15) is 27.4 Å². The summed E-state index contributed by atoms with van der Waals surface area (Å²) in [7, 11) is 0.736. The van der Waals surface area contributed by atoms with Crippen molar-refractivity contribution in [1.82, 2.24) is 14.5 Å². The largest absolute Gasteiger partial charge is 0.490 e. The smallest absolute Gasteiger partial charge is 0.286 e. The molecule has 3 aromatic rings. The van der Waals surface area contributed by atoms with E-state index >= 15 is 4.39 Å². The minimum atomic E-state index is -3.87. The number of carbonyl (C=O) groups excluding carboxylic acids is 2. The molecule has 52 heavy (non-hydrogen) atoms. The summed E-state index contributed by atoms with van der Waals surface area (Å²) in [6.07, 6.45) is 7.49. The molecule has 1 unspecified atom stereocenters. The summed E-state index contributed by atoms with van der Waals surface area (Å²) in [5.41, 5.74) is 3.05. The van der Waals surface area contributed by atoms with Gasteiger partial charge in [0.15, 0.2) is 0 Å². The molecule has 2 bridgehead atoms. The zero-order valence-electron chi connectivity index (χ0n) is 29.8. The van der Waals surface area contributed by atoms with Gasteiger partial charge >= 0.3 is 0 Å². The maximum absolute atomic E-state index is 15.8. The Morgan fingerprint density at radius 3 is 2.75 bits per heavy atom. The molecule has 1 aromatic heterocycles. The van der Waals surface area contributed by atoms with Gasteiger partial charge in [0.2, 0.25) is 5.88 Å². The van der Waals surface area contributed by atoms with Gasteiger partial charge in [0, 0.05) is 55.4 Å². The van der Waals surface area contributed by atoms with Crippen LogP contribution in [0.2, 0.25) is 5.02 Å². The number of anilines is 1. The fraction of sp³-hybridized carbons (Fsp3) is 0.500. The van der Waals surface area contributed by atoms with E-state index in [1.165, 1.54) is 35.2 Å². The Hall–Kier alpha value is -3.94. The summed E-state index contributed by atoms with van der Waals surface area (Å²) < 4.78 is 56.1. The SMILES string of the molecule is COc1nn(C)cc1C(=O)NS1(=O)=NC(=O)c2ccc3c(c2)N(C[C@@H]2CC[C@H]2[C@@H](OC)/C=C/[C@H](F)[C@H](C)C1)C[C@@]1(CCCc2cc(Cl)ccc21)CO3. The average molecular weight is 754 g/mol. The summed E-state index contributed by atoms with van der Waals surface area (Å²) in [5, 5.41) is 4.81. The highest BCUT2D eigenvalue weighted by atomic mass is 35.5. The highest BCUT2D eigenvalue weighted by molar-refractivity contribution is 7.92. The second-order valence-electron chi connectivity index (χ2n) is 14.7. The van der Waals surface area contributed by atoms with Gasteiger partial charge in [-0.15, -0.1) is 9.46 Å². The lowest BCUT2D eigenvalue weighted by atomic mass is 9.68. The van der Waals surface area contributed by atoms with Crippen molar-refractivity contribution in [3.8, 4) is 11.6 Å². The second-order valence-corrected chi connectivity index (χ2v) is 17.1. The number of halogens is 2. The Labute approximate surface area is 309 Å². The van der Waals surface area contributed by atoms with Crippen LogP contribution in [0.3, 0.4) is 0 Å². The van der Waals surface area contributed by atoms with Crippen molar-refractivity contribution in [2.45, 2.75) is 56.7 Å². The first-order valence-electron chi connectivity index (χ1n) is 17.8. The van der Waals surface area contributed by atoms with Gasteiger partial charge in [0.05, 0.1) is 31.3 Å². The van der Waals surface area contributed by atoms with E-state index in [1.54, 1.807) is 45.4 Å². The maximum atomic E-state index is 15.8. The standard InChI is InChI=1S/C38H45ClFN5O6S/c1-23-20-52(48,43-36(47)29-19-44(2)41-37(29)50-4)42-35(46)25-8-13-34-32(17-25)45(18-26-7-10-28(26)33(49-3)14-12-31(23)40)21-38(22-51-34)15-5-6-24-16-27(39)9-11-30(24)38/h8-9,11-14,16-17,19,23,26,28,31,33H,5-7,10,15,18,20-22H2,1-4H3,(H,42,43,46,47,48)/b14-12+/t23-,26+,28-,31+,33+,38+,52?/m1/s1. The van der Waals surface area contributed by atoms with Gasteiger partial charge in [-0.1, -0.05) is 36.7 Å². The number of amides is 2. The van der Waals surface area contributed by atoms with Crippen LogP contribution in [-0.4, -0.2) is 77.7 Å². The molecule has 2 aliphatic heterocycles. The molecule has 14 heteroatoms. The first kappa shape index (κ1) is 36.4. The number of rotatable bonds is 4. The zero-order valence-corrected chi connectivity index (χ0v) is 31.4. The summed E-state index contributed by atoms with van der Waals surface area (Å²) >= 11 is 6.44. The van der Waals surface area contributed by atoms with Crippen molar-refractivity contribution in [3.63, 3.8) is 0 Å². The topological polar surface area (TPSA) is 124 Å². The van der Waals surface area contributed by atoms with E-state index in [2.05, 4.69) is 31.2 Å². The number of hydrogen-bond acceptors (Lipinski definition) is 8. The van der Waals surface area contributed by atoms with Crippen LogP contribution in [-0.2, 0) is 33.5 Å². The van der Waals surface area contributed by atoms with E-state index in [-0.39, 0.29) is 40.4 Å². The minimum absolute atomic E-state index is 0.00293. The Morgan fingerprint density at radius 2 is 2.00 bits per heavy atom. The fourth-order valence-electron chi connectivity index (χ4n) is 8.30. The molecule has 1 fully saturated rings. The molecule has 2 aliphatic carbocycles. The lowest BCUT2D eigenvalue weighted by Crippen LogP contribution is -2.49. The predicted molar refractivity (Wildman–Crippen MR) is 197 cm³/mol. The molecule has 0 saturated heterocycles. The highest BCUT2D eigenvalue weighted by Gasteiger charge is 2.44. The van der Waals surface area contributed by atoms with Crippen LogP contribution in [0, 0.1) is 17.8 Å². The summed E-state index contributed by atoms with van der Waals surface area (Å²) in [4.78, 5) is 29.8. The van der Waals surface area contributed by atoms with E-state index in [9.17, 15) is 13.8 Å². The van der Waals surface area contributed by atoms with E-state index in [0.29, 0.717) is 30.5 Å². The van der Waals surface area contributed by atoms with Crippen LogP contribution in [0.25, 0.3) is 0 Å². The number of aryl methyl sites for hydroxylation is 2. The third kappa shape index (κ3) is 7.06. The van der Waals surface area contributed by atoms with Gasteiger partial charge in [-0.25, -0.2) is 8.60 Å². The normalized spacial score (nSPS) is 30.8. The number of aromatic nitrogens is 2. The Morgan fingerprint density at radius 1 is 1.17 bits per heavy atom. The van der Waals surface area contributed by atoms with Crippen molar-refractivity contribution in [2.24, 2.45) is 29.2 Å². The summed E-state index contributed by atoms with van der Waals surface area (Å²) in [5.74, 6) is -1.86. The molecule has 4 aliphatic rings. The van der Waals surface area contributed by atoms with Crippen LogP contribution in [0.15, 0.2) is 59.1 Å². The van der Waals surface area contributed by atoms with Crippen molar-refractivity contribution >= 4 is 39.0 Å². The van der Waals surface area contributed by atoms with Crippen LogP contribution >= 0.6 is 11.6 Å². The Kier molecular flexibility index (Phi) is 10.1. The number of allylic oxidation sites excluding steroid dienone is 1. The van der Waals surface area contributed by atoms with E-state index in [1.807, 2.05) is 6.07 Å². The van der Waals surface area contributed by atoms with Gasteiger partial charge in [-0.3, -0.25) is 19.0 Å². The quantitative estimate of drug-likeness (QED) is 0.318. The van der Waals surface area contributed by atoms with Crippen molar-refractivity contribution in [1.29, 1.82) is 0 Å². The summed E-state index contributed by atoms with van der Waals surface area (Å²) in [6.45, 7) is 3.34. The highest BCUT2D eigenvalue weighted by Crippen LogP contribution is 2.47. The molecule has 1 spiro atoms. The zero-order chi connectivity index (χ0) is 36.8. The number of methoxy groups -OCH3 is 2. The lowest BCUT2D eigenvalue weighted by Gasteiger charge is -2.46. The van der Waals surface area contributed by atoms with Crippen LogP contribution < -0.4 is 19.1 Å². The minimum Gasteiger partial charge on any atom is -0.490 e. The van der Waals surface area contributed by atoms with Gasteiger partial charge in [-0.2, -0.15) is 0 Å². The third-order valence-corrected chi connectivity index (χ3v) is 13.3. The van der Waals surface area contributed by atoms with Crippen LogP contribution in [0.5, 0.6) is 11.6 Å². The molecular weight excluding hydrogens is 709 g/mol. The molecule has 11 nitrogen and oxygen atoms in total. The Bertz CT molecular complexity index is 2030. The molecule has 1 saturated carbocycles. The number of ether oxygens (including phenoxy) is 3. The first-order chi connectivity index (χ1) is 24.9. The lowest BCUT2D eigenvalue weighted by molar-refractivity contribution is 0.0128. The van der Waals surface area contributed by atoms with E-state index in [0.717, 1.165) is 37.8 Å². The number of benzene rings is 2. The van der Waals surface area contributed by atoms with Gasteiger partial charge in [-0.05, 0) is 85.4 Å². The molecule has 7 rings (SSSR count). The Balaban J connectivity index is 1.32. The average Bonchev–Trinajstić information content (AvgIpc) is 3.42. The van der Waals surface area contributed by atoms with Crippen molar-refractivity contribution < 1.29 is 32.4 Å². The second kappa shape index (κ2) is 14.5. The molecule has 2 aromatic carbocycles. The third-order valence-electron chi connectivity index (χ3n) is 11.1. The van der Waals surface area contributed by atoms with E-state index < -0.39 is 39.6 Å². The fourth-order valence-corrected chi connectivity index (χ4v) is 10.4. The number of nitrogens with zero attached hydrogens (tertiary/aromatic N) is 4. The van der Waals surface area contributed by atoms with Gasteiger partial charge < -0.3 is 19.1 Å². The summed E-state index contributed by atoms with van der Waals surface area (Å²) in [6, 6.07) is 11.2. The maximum Gasteiger partial charge on any atom is 0.286 e. The predicted octanol–water partition coefficient (Wildman–Crippen LogP) is 6.09. The number of hydrogen-bond donors (Lipinski definition) is 1. The number of nitrogens with one attached hydrogen (secondary N) is 1. The van der Waals surface area contributed by atoms with Crippen LogP contribution in [0.4, 0.5) is 10.1 Å². The monoisotopic (exact) mass is 753 g/mol. The molecule has 3 heterocycles. The van der Waals surface area contributed by atoms with Gasteiger partial charge in [0.25, 0.3) is 11.8 Å². The molecule has 0 radical (unpaired) electrons. The van der Waals surface area contributed by atoms with Crippen LogP contribution in [0.1, 0.15) is 64.4 Å². The first-order valence-corrected chi connectivity index (χ1v) is 19.8.